The Morgan fingerprint density at radius 1 is 1.00 bits per heavy atom. The van der Waals surface area contributed by atoms with Crippen molar-refractivity contribution >= 4 is 0 Å². The Balaban J connectivity index is 1.66. The van der Waals surface area contributed by atoms with E-state index in [1.807, 2.05) is 0 Å². The summed E-state index contributed by atoms with van der Waals surface area (Å²) in [6.45, 7) is 5.35. The van der Waals surface area contributed by atoms with Crippen molar-refractivity contribution < 1.29 is 9.47 Å². The lowest BCUT2D eigenvalue weighted by Gasteiger charge is -2.37. The Kier molecular flexibility index (Phi) is 5.97. The smallest absolute Gasteiger partial charge is 0.160 e. The first-order valence-electron chi connectivity index (χ1n) is 8.06. The molecule has 0 aromatic carbocycles. The highest BCUT2D eigenvalue weighted by Crippen LogP contribution is 2.36. The highest BCUT2D eigenvalue weighted by Gasteiger charge is 2.31. The zero-order valence-corrected chi connectivity index (χ0v) is 12.2. The number of hydrogen-bond acceptors (Lipinski definition) is 2. The van der Waals surface area contributed by atoms with Gasteiger partial charge in [0.15, 0.2) is 6.29 Å². The molecule has 2 atom stereocenters. The molecule has 1 aliphatic heterocycles. The van der Waals surface area contributed by atoms with Gasteiger partial charge in [-0.1, -0.05) is 32.6 Å². The first kappa shape index (κ1) is 14.3. The molecular formula is C16H30O2. The summed E-state index contributed by atoms with van der Waals surface area (Å²) in [5, 5.41) is 0. The van der Waals surface area contributed by atoms with E-state index >= 15 is 0 Å². The SMILES string of the molecule is CCCCCC1CCC(C2OCCC(C)O2)CC1. The van der Waals surface area contributed by atoms with E-state index < -0.39 is 0 Å². The average Bonchev–Trinajstić information content (AvgIpc) is 2.40. The monoisotopic (exact) mass is 254 g/mol. The molecule has 106 valence electrons. The van der Waals surface area contributed by atoms with Crippen LogP contribution in [-0.2, 0) is 9.47 Å². The van der Waals surface area contributed by atoms with E-state index in [9.17, 15) is 0 Å². The van der Waals surface area contributed by atoms with E-state index in [1.54, 1.807) is 0 Å². The topological polar surface area (TPSA) is 18.5 Å². The van der Waals surface area contributed by atoms with Crippen LogP contribution in [0.2, 0.25) is 0 Å². The second-order valence-corrected chi connectivity index (χ2v) is 6.25. The minimum Gasteiger partial charge on any atom is -0.352 e. The van der Waals surface area contributed by atoms with E-state index in [2.05, 4.69) is 13.8 Å². The Bertz CT molecular complexity index is 221. The van der Waals surface area contributed by atoms with Crippen LogP contribution in [0, 0.1) is 11.8 Å². The average molecular weight is 254 g/mol. The lowest BCUT2D eigenvalue weighted by Crippen LogP contribution is -2.37. The van der Waals surface area contributed by atoms with E-state index in [-0.39, 0.29) is 6.29 Å². The fourth-order valence-electron chi connectivity index (χ4n) is 3.37. The molecule has 2 aliphatic rings. The molecule has 1 aliphatic carbocycles. The molecule has 1 heterocycles. The number of hydrogen-bond donors (Lipinski definition) is 0. The van der Waals surface area contributed by atoms with Gasteiger partial charge in [-0.3, -0.25) is 0 Å². The van der Waals surface area contributed by atoms with Crippen molar-refractivity contribution in [1.82, 2.24) is 0 Å². The summed E-state index contributed by atoms with van der Waals surface area (Å²) in [5.41, 5.74) is 0. The normalized spacial score (nSPS) is 37.7. The first-order chi connectivity index (χ1) is 8.79. The van der Waals surface area contributed by atoms with Gasteiger partial charge in [0.05, 0.1) is 12.7 Å². The van der Waals surface area contributed by atoms with Crippen molar-refractivity contribution in [2.45, 2.75) is 84.0 Å². The van der Waals surface area contributed by atoms with E-state index in [0.29, 0.717) is 12.0 Å². The Morgan fingerprint density at radius 3 is 2.44 bits per heavy atom. The predicted molar refractivity (Wildman–Crippen MR) is 74.5 cm³/mol. The summed E-state index contributed by atoms with van der Waals surface area (Å²) in [7, 11) is 0. The van der Waals surface area contributed by atoms with Gasteiger partial charge in [0.2, 0.25) is 0 Å². The van der Waals surface area contributed by atoms with E-state index in [0.717, 1.165) is 18.9 Å². The second-order valence-electron chi connectivity index (χ2n) is 6.25. The predicted octanol–water partition coefficient (Wildman–Crippen LogP) is 4.52. The second kappa shape index (κ2) is 7.49. The minimum absolute atomic E-state index is 0.102. The Morgan fingerprint density at radius 2 is 1.78 bits per heavy atom. The van der Waals surface area contributed by atoms with Crippen LogP contribution in [0.3, 0.4) is 0 Å². The number of unbranched alkanes of at least 4 members (excludes halogenated alkanes) is 2. The molecule has 0 bridgehead atoms. The summed E-state index contributed by atoms with van der Waals surface area (Å²) in [6, 6.07) is 0. The van der Waals surface area contributed by atoms with E-state index in [1.165, 1.54) is 51.4 Å². The molecule has 0 radical (unpaired) electrons. The van der Waals surface area contributed by atoms with Gasteiger partial charge in [0.25, 0.3) is 0 Å². The fraction of sp³-hybridized carbons (Fsp3) is 1.00. The number of ether oxygens (including phenoxy) is 2. The fourth-order valence-corrected chi connectivity index (χ4v) is 3.37. The summed E-state index contributed by atoms with van der Waals surface area (Å²) in [6.07, 6.45) is 12.6. The maximum atomic E-state index is 5.94. The summed E-state index contributed by atoms with van der Waals surface area (Å²) in [4.78, 5) is 0. The zero-order valence-electron chi connectivity index (χ0n) is 12.2. The van der Waals surface area contributed by atoms with Crippen LogP contribution in [0.4, 0.5) is 0 Å². The lowest BCUT2D eigenvalue weighted by atomic mass is 9.79. The van der Waals surface area contributed by atoms with Crippen molar-refractivity contribution in [1.29, 1.82) is 0 Å². The molecule has 0 aromatic heterocycles. The van der Waals surface area contributed by atoms with Crippen LogP contribution >= 0.6 is 0 Å². The van der Waals surface area contributed by atoms with Gasteiger partial charge in [0.1, 0.15) is 0 Å². The van der Waals surface area contributed by atoms with Crippen LogP contribution < -0.4 is 0 Å². The van der Waals surface area contributed by atoms with Gasteiger partial charge in [-0.05, 0) is 44.9 Å². The molecule has 0 amide bonds. The van der Waals surface area contributed by atoms with Crippen molar-refractivity contribution in [3.05, 3.63) is 0 Å². The van der Waals surface area contributed by atoms with E-state index in [4.69, 9.17) is 9.47 Å². The molecule has 18 heavy (non-hydrogen) atoms. The Hall–Kier alpha value is -0.0800. The number of rotatable bonds is 5. The van der Waals surface area contributed by atoms with Crippen molar-refractivity contribution in [3.63, 3.8) is 0 Å². The summed E-state index contributed by atoms with van der Waals surface area (Å²) >= 11 is 0. The molecule has 2 rings (SSSR count). The maximum absolute atomic E-state index is 5.94. The van der Waals surface area contributed by atoms with Crippen molar-refractivity contribution in [3.8, 4) is 0 Å². The van der Waals surface area contributed by atoms with Crippen LogP contribution in [0.5, 0.6) is 0 Å². The third-order valence-corrected chi connectivity index (χ3v) is 4.67. The zero-order chi connectivity index (χ0) is 12.8. The first-order valence-corrected chi connectivity index (χ1v) is 8.06. The van der Waals surface area contributed by atoms with Gasteiger partial charge in [-0.2, -0.15) is 0 Å². The van der Waals surface area contributed by atoms with Crippen molar-refractivity contribution in [2.24, 2.45) is 11.8 Å². The van der Waals surface area contributed by atoms with Gasteiger partial charge in [-0.15, -0.1) is 0 Å². The standard InChI is InChI=1S/C16H30O2/c1-3-4-5-6-14-7-9-15(10-8-14)16-17-12-11-13(2)18-16/h13-16H,3-12H2,1-2H3. The van der Waals surface area contributed by atoms with Crippen LogP contribution in [-0.4, -0.2) is 19.0 Å². The van der Waals surface area contributed by atoms with Gasteiger partial charge >= 0.3 is 0 Å². The van der Waals surface area contributed by atoms with Crippen LogP contribution in [0.25, 0.3) is 0 Å². The largest absolute Gasteiger partial charge is 0.352 e. The highest BCUT2D eigenvalue weighted by molar-refractivity contribution is 4.76. The molecular weight excluding hydrogens is 224 g/mol. The van der Waals surface area contributed by atoms with Crippen LogP contribution in [0.15, 0.2) is 0 Å². The Labute approximate surface area is 112 Å². The third kappa shape index (κ3) is 4.24. The molecule has 0 spiro atoms. The van der Waals surface area contributed by atoms with Crippen molar-refractivity contribution in [2.75, 3.05) is 6.61 Å². The van der Waals surface area contributed by atoms with Gasteiger partial charge in [0, 0.05) is 5.92 Å². The quantitative estimate of drug-likeness (QED) is 0.671. The summed E-state index contributed by atoms with van der Waals surface area (Å²) in [5.74, 6) is 1.64. The minimum atomic E-state index is 0.102. The maximum Gasteiger partial charge on any atom is 0.160 e. The molecule has 0 aromatic rings. The van der Waals surface area contributed by atoms with Crippen LogP contribution in [0.1, 0.15) is 71.6 Å². The third-order valence-electron chi connectivity index (χ3n) is 4.67. The van der Waals surface area contributed by atoms with Gasteiger partial charge in [-0.25, -0.2) is 0 Å². The molecule has 2 heteroatoms. The van der Waals surface area contributed by atoms with Gasteiger partial charge < -0.3 is 9.47 Å². The highest BCUT2D eigenvalue weighted by atomic mass is 16.7. The molecule has 1 saturated carbocycles. The molecule has 0 N–H and O–H groups in total. The lowest BCUT2D eigenvalue weighted by molar-refractivity contribution is -0.236. The molecule has 2 unspecified atom stereocenters. The molecule has 1 saturated heterocycles. The molecule has 2 nitrogen and oxygen atoms in total. The summed E-state index contributed by atoms with van der Waals surface area (Å²) < 4.78 is 11.7. The molecule has 2 fully saturated rings.